The molecular weight excluding hydrogens is 231 g/mol. The maximum atomic E-state index is 13.3. The van der Waals surface area contributed by atoms with Crippen LogP contribution in [0.5, 0.6) is 0 Å². The van der Waals surface area contributed by atoms with Gasteiger partial charge in [0.2, 0.25) is 0 Å². The van der Waals surface area contributed by atoms with Crippen LogP contribution in [-0.2, 0) is 13.6 Å². The molecular formula is C11H10F3N3. The number of aromatic nitrogens is 2. The lowest BCUT2D eigenvalue weighted by molar-refractivity contribution is 0.490. The summed E-state index contributed by atoms with van der Waals surface area (Å²) < 4.78 is 40.4. The van der Waals surface area contributed by atoms with Crippen LogP contribution in [0.1, 0.15) is 5.56 Å². The molecule has 1 heterocycles. The van der Waals surface area contributed by atoms with Crippen molar-refractivity contribution in [3.63, 3.8) is 0 Å². The predicted octanol–water partition coefficient (Wildman–Crippen LogP) is 2.45. The Morgan fingerprint density at radius 1 is 1.18 bits per heavy atom. The molecule has 0 bridgehead atoms. The molecule has 0 aliphatic carbocycles. The first-order valence-corrected chi connectivity index (χ1v) is 4.93. The molecule has 1 N–H and O–H groups in total. The number of benzene rings is 1. The molecule has 90 valence electrons. The highest BCUT2D eigenvalue weighted by Gasteiger charge is 2.09. The van der Waals surface area contributed by atoms with Crippen LogP contribution in [0, 0.1) is 17.5 Å². The predicted molar refractivity (Wildman–Crippen MR) is 56.9 cm³/mol. The first-order chi connectivity index (χ1) is 8.06. The zero-order valence-corrected chi connectivity index (χ0v) is 9.04. The second kappa shape index (κ2) is 4.48. The minimum Gasteiger partial charge on any atom is -0.364 e. The van der Waals surface area contributed by atoms with Gasteiger partial charge in [0.1, 0.15) is 11.6 Å². The zero-order valence-electron chi connectivity index (χ0n) is 9.04. The molecule has 1 aromatic heterocycles. The maximum absolute atomic E-state index is 13.3. The van der Waals surface area contributed by atoms with E-state index in [1.165, 1.54) is 0 Å². The van der Waals surface area contributed by atoms with Crippen LogP contribution in [0.3, 0.4) is 0 Å². The standard InChI is InChI=1S/C11H10F3N3/c1-17-3-2-11(16-17)15-6-7-4-9(13)10(14)5-8(7)12/h2-5H,6H2,1H3,(H,15,16). The molecule has 0 saturated heterocycles. The Labute approximate surface area is 95.9 Å². The average Bonchev–Trinajstić information content (AvgIpc) is 2.68. The van der Waals surface area contributed by atoms with Crippen molar-refractivity contribution in [3.8, 4) is 0 Å². The monoisotopic (exact) mass is 241 g/mol. The first kappa shape index (κ1) is 11.5. The maximum Gasteiger partial charge on any atom is 0.161 e. The third-order valence-electron chi connectivity index (χ3n) is 2.26. The van der Waals surface area contributed by atoms with Gasteiger partial charge in [0.15, 0.2) is 11.6 Å². The molecule has 2 aromatic rings. The molecule has 0 fully saturated rings. The van der Waals surface area contributed by atoms with E-state index in [9.17, 15) is 13.2 Å². The molecule has 3 nitrogen and oxygen atoms in total. The van der Waals surface area contributed by atoms with E-state index >= 15 is 0 Å². The van der Waals surface area contributed by atoms with Crippen LogP contribution in [0.4, 0.5) is 19.0 Å². The number of halogens is 3. The molecule has 17 heavy (non-hydrogen) atoms. The van der Waals surface area contributed by atoms with E-state index in [4.69, 9.17) is 0 Å². The van der Waals surface area contributed by atoms with Gasteiger partial charge >= 0.3 is 0 Å². The van der Waals surface area contributed by atoms with Crippen LogP contribution in [-0.4, -0.2) is 9.78 Å². The van der Waals surface area contributed by atoms with Gasteiger partial charge in [-0.3, -0.25) is 4.68 Å². The average molecular weight is 241 g/mol. The van der Waals surface area contributed by atoms with Crippen molar-refractivity contribution in [1.82, 2.24) is 9.78 Å². The second-order valence-electron chi connectivity index (χ2n) is 3.59. The third kappa shape index (κ3) is 2.58. The molecule has 2 rings (SSSR count). The normalized spacial score (nSPS) is 10.6. The van der Waals surface area contributed by atoms with E-state index in [2.05, 4.69) is 10.4 Å². The van der Waals surface area contributed by atoms with Crippen LogP contribution in [0.15, 0.2) is 24.4 Å². The van der Waals surface area contributed by atoms with Gasteiger partial charge in [0.25, 0.3) is 0 Å². The Bertz CT molecular complexity index is 537. The van der Waals surface area contributed by atoms with E-state index in [-0.39, 0.29) is 12.1 Å². The van der Waals surface area contributed by atoms with Crippen LogP contribution < -0.4 is 5.32 Å². The fourth-order valence-corrected chi connectivity index (χ4v) is 1.39. The van der Waals surface area contributed by atoms with Gasteiger partial charge in [-0.05, 0) is 6.07 Å². The molecule has 6 heteroatoms. The van der Waals surface area contributed by atoms with Crippen LogP contribution in [0.25, 0.3) is 0 Å². The summed E-state index contributed by atoms with van der Waals surface area (Å²) in [7, 11) is 1.74. The highest BCUT2D eigenvalue weighted by Crippen LogP contribution is 2.15. The van der Waals surface area contributed by atoms with Crippen molar-refractivity contribution >= 4 is 5.82 Å². The Morgan fingerprint density at radius 3 is 2.53 bits per heavy atom. The van der Waals surface area contributed by atoms with E-state index in [0.29, 0.717) is 11.9 Å². The van der Waals surface area contributed by atoms with Crippen molar-refractivity contribution in [1.29, 1.82) is 0 Å². The Balaban J connectivity index is 2.11. The summed E-state index contributed by atoms with van der Waals surface area (Å²) in [6, 6.07) is 3.06. The molecule has 0 saturated carbocycles. The molecule has 0 amide bonds. The number of nitrogens with zero attached hydrogens (tertiary/aromatic N) is 2. The summed E-state index contributed by atoms with van der Waals surface area (Å²) in [5.41, 5.74) is 0.0505. The van der Waals surface area contributed by atoms with Crippen LogP contribution in [0.2, 0.25) is 0 Å². The Kier molecular flexibility index (Phi) is 3.03. The summed E-state index contributed by atoms with van der Waals surface area (Å²) in [5, 5.41) is 6.82. The summed E-state index contributed by atoms with van der Waals surface area (Å²) in [5.74, 6) is -2.50. The third-order valence-corrected chi connectivity index (χ3v) is 2.26. The van der Waals surface area contributed by atoms with Crippen molar-refractivity contribution < 1.29 is 13.2 Å². The van der Waals surface area contributed by atoms with E-state index in [1.807, 2.05) is 0 Å². The zero-order chi connectivity index (χ0) is 12.4. The smallest absolute Gasteiger partial charge is 0.161 e. The van der Waals surface area contributed by atoms with Crippen LogP contribution >= 0.6 is 0 Å². The van der Waals surface area contributed by atoms with Crippen molar-refractivity contribution in [3.05, 3.63) is 47.4 Å². The van der Waals surface area contributed by atoms with Gasteiger partial charge in [0, 0.05) is 37.5 Å². The van der Waals surface area contributed by atoms with Gasteiger partial charge in [-0.25, -0.2) is 13.2 Å². The molecule has 0 unspecified atom stereocenters. The first-order valence-electron chi connectivity index (χ1n) is 4.93. The Morgan fingerprint density at radius 2 is 1.88 bits per heavy atom. The largest absolute Gasteiger partial charge is 0.364 e. The van der Waals surface area contributed by atoms with E-state index in [1.54, 1.807) is 24.0 Å². The van der Waals surface area contributed by atoms with Gasteiger partial charge in [0.05, 0.1) is 0 Å². The van der Waals surface area contributed by atoms with Crippen molar-refractivity contribution in [2.75, 3.05) is 5.32 Å². The quantitative estimate of drug-likeness (QED) is 0.836. The number of hydrogen-bond donors (Lipinski definition) is 1. The van der Waals surface area contributed by atoms with Gasteiger partial charge in [-0.15, -0.1) is 0 Å². The minimum absolute atomic E-state index is 0.0417. The number of aryl methyl sites for hydroxylation is 1. The molecule has 0 aliphatic heterocycles. The van der Waals surface area contributed by atoms with Gasteiger partial charge in [-0.1, -0.05) is 0 Å². The Hall–Kier alpha value is -1.98. The van der Waals surface area contributed by atoms with Crippen molar-refractivity contribution in [2.24, 2.45) is 7.05 Å². The van der Waals surface area contributed by atoms with Gasteiger partial charge < -0.3 is 5.32 Å². The molecule has 0 spiro atoms. The van der Waals surface area contributed by atoms with E-state index < -0.39 is 17.5 Å². The number of nitrogens with one attached hydrogen (secondary N) is 1. The number of rotatable bonds is 3. The molecule has 0 aliphatic rings. The highest BCUT2D eigenvalue weighted by atomic mass is 19.2. The second-order valence-corrected chi connectivity index (χ2v) is 3.59. The molecule has 0 atom stereocenters. The number of hydrogen-bond acceptors (Lipinski definition) is 2. The summed E-state index contributed by atoms with van der Waals surface area (Å²) in [6.45, 7) is 0.0417. The summed E-state index contributed by atoms with van der Waals surface area (Å²) >= 11 is 0. The number of anilines is 1. The van der Waals surface area contributed by atoms with E-state index in [0.717, 1.165) is 6.07 Å². The fourth-order valence-electron chi connectivity index (χ4n) is 1.39. The highest BCUT2D eigenvalue weighted by molar-refractivity contribution is 5.34. The summed E-state index contributed by atoms with van der Waals surface area (Å²) in [6.07, 6.45) is 1.71. The topological polar surface area (TPSA) is 29.9 Å². The van der Waals surface area contributed by atoms with Crippen molar-refractivity contribution in [2.45, 2.75) is 6.54 Å². The lowest BCUT2D eigenvalue weighted by Gasteiger charge is -2.05. The molecule has 1 aromatic carbocycles. The summed E-state index contributed by atoms with van der Waals surface area (Å²) in [4.78, 5) is 0. The lowest BCUT2D eigenvalue weighted by atomic mass is 10.2. The lowest BCUT2D eigenvalue weighted by Crippen LogP contribution is -2.04. The van der Waals surface area contributed by atoms with Gasteiger partial charge in [-0.2, -0.15) is 5.10 Å². The minimum atomic E-state index is -1.19. The fraction of sp³-hybridized carbons (Fsp3) is 0.182. The SMILES string of the molecule is Cn1ccc(NCc2cc(F)c(F)cc2F)n1. The molecule has 0 radical (unpaired) electrons.